The number of benzene rings is 3. The van der Waals surface area contributed by atoms with Crippen LogP contribution in [0, 0.1) is 12.8 Å². The molecule has 0 saturated carbocycles. The van der Waals surface area contributed by atoms with Crippen LogP contribution in [0.4, 0.5) is 5.69 Å². The summed E-state index contributed by atoms with van der Waals surface area (Å²) in [4.78, 5) is 17.6. The molecule has 0 fully saturated rings. The van der Waals surface area contributed by atoms with E-state index in [2.05, 4.69) is 21.8 Å². The van der Waals surface area contributed by atoms with Gasteiger partial charge in [0, 0.05) is 31.2 Å². The third-order valence-electron chi connectivity index (χ3n) is 7.04. The van der Waals surface area contributed by atoms with E-state index in [-0.39, 0.29) is 40.7 Å². The summed E-state index contributed by atoms with van der Waals surface area (Å²) in [7, 11) is -1.82. The van der Waals surface area contributed by atoms with Crippen molar-refractivity contribution < 1.29 is 23.1 Å². The summed E-state index contributed by atoms with van der Waals surface area (Å²) in [6.07, 6.45) is -0.242. The Bertz CT molecular complexity index is 1380. The summed E-state index contributed by atoms with van der Waals surface area (Å²) in [6.45, 7) is 7.30. The monoisotopic (exact) mass is 551 g/mol. The number of rotatable bonds is 9. The van der Waals surface area contributed by atoms with Gasteiger partial charge in [0.05, 0.1) is 23.1 Å². The number of carbonyl (C=O) groups is 1. The molecule has 8 nitrogen and oxygen atoms in total. The Labute approximate surface area is 231 Å². The number of hydrogen-bond acceptors (Lipinski definition) is 6. The number of aliphatic hydroxyl groups is 1. The van der Waals surface area contributed by atoms with Gasteiger partial charge in [-0.3, -0.25) is 14.4 Å². The van der Waals surface area contributed by atoms with E-state index in [1.807, 2.05) is 39.1 Å². The number of fused-ring (bicyclic) bond motifs is 1. The van der Waals surface area contributed by atoms with Crippen molar-refractivity contribution in [2.45, 2.75) is 44.4 Å². The van der Waals surface area contributed by atoms with Crippen molar-refractivity contribution in [3.8, 4) is 5.75 Å². The summed E-state index contributed by atoms with van der Waals surface area (Å²) < 4.78 is 35.0. The van der Waals surface area contributed by atoms with Gasteiger partial charge in [-0.2, -0.15) is 0 Å². The second kappa shape index (κ2) is 12.2. The molecular weight excluding hydrogens is 514 g/mol. The molecule has 0 saturated heterocycles. The first-order valence-electron chi connectivity index (χ1n) is 13.1. The predicted octanol–water partition coefficient (Wildman–Crippen LogP) is 4.15. The first kappa shape index (κ1) is 28.6. The van der Waals surface area contributed by atoms with Gasteiger partial charge in [0.1, 0.15) is 11.9 Å². The van der Waals surface area contributed by atoms with E-state index in [4.69, 9.17) is 4.74 Å². The van der Waals surface area contributed by atoms with Gasteiger partial charge in [-0.25, -0.2) is 8.42 Å². The number of carbonyl (C=O) groups excluding carboxylic acids is 1. The average molecular weight is 552 g/mol. The molecule has 3 aromatic carbocycles. The molecule has 0 unspecified atom stereocenters. The van der Waals surface area contributed by atoms with E-state index in [1.165, 1.54) is 11.6 Å². The maximum atomic E-state index is 13.7. The molecule has 1 aliphatic rings. The number of nitrogens with one attached hydrogen (secondary N) is 1. The number of aliphatic hydroxyl groups excluding tert-OH is 1. The van der Waals surface area contributed by atoms with Crippen molar-refractivity contribution in [2.75, 3.05) is 31.5 Å². The Kier molecular flexibility index (Phi) is 8.94. The first-order valence-corrected chi connectivity index (χ1v) is 14.6. The Morgan fingerprint density at radius 3 is 2.46 bits per heavy atom. The highest BCUT2D eigenvalue weighted by Crippen LogP contribution is 2.31. The predicted molar refractivity (Wildman–Crippen MR) is 152 cm³/mol. The lowest BCUT2D eigenvalue weighted by Crippen LogP contribution is -2.49. The molecule has 1 amide bonds. The fourth-order valence-corrected chi connectivity index (χ4v) is 5.75. The maximum absolute atomic E-state index is 13.7. The Morgan fingerprint density at radius 1 is 1.10 bits per heavy atom. The van der Waals surface area contributed by atoms with Gasteiger partial charge in [0.25, 0.3) is 15.9 Å². The minimum Gasteiger partial charge on any atom is -0.488 e. The highest BCUT2D eigenvalue weighted by molar-refractivity contribution is 7.92. The summed E-state index contributed by atoms with van der Waals surface area (Å²) in [5.41, 5.74) is 2.65. The van der Waals surface area contributed by atoms with E-state index in [9.17, 15) is 18.3 Å². The minimum atomic E-state index is -3.85. The Morgan fingerprint density at radius 2 is 1.79 bits per heavy atom. The van der Waals surface area contributed by atoms with Gasteiger partial charge >= 0.3 is 0 Å². The third kappa shape index (κ3) is 6.98. The van der Waals surface area contributed by atoms with Crippen LogP contribution in [0.5, 0.6) is 5.75 Å². The molecule has 2 N–H and O–H groups in total. The van der Waals surface area contributed by atoms with Crippen molar-refractivity contribution in [3.63, 3.8) is 0 Å². The number of anilines is 1. The normalized spacial score (nSPS) is 18.6. The molecular formula is C30H37N3O5S. The molecule has 3 atom stereocenters. The van der Waals surface area contributed by atoms with Gasteiger partial charge < -0.3 is 14.7 Å². The molecule has 1 heterocycles. The molecule has 39 heavy (non-hydrogen) atoms. The zero-order valence-corrected chi connectivity index (χ0v) is 23.7. The maximum Gasteiger partial charge on any atom is 0.261 e. The van der Waals surface area contributed by atoms with Crippen LogP contribution in [0.25, 0.3) is 0 Å². The highest BCUT2D eigenvalue weighted by atomic mass is 32.2. The van der Waals surface area contributed by atoms with Gasteiger partial charge in [0.2, 0.25) is 0 Å². The quantitative estimate of drug-likeness (QED) is 0.415. The molecule has 9 heteroatoms. The summed E-state index contributed by atoms with van der Waals surface area (Å²) in [6, 6.07) is 21.1. The first-order chi connectivity index (χ1) is 18.6. The lowest BCUT2D eigenvalue weighted by atomic mass is 9.99. The average Bonchev–Trinajstić information content (AvgIpc) is 2.91. The van der Waals surface area contributed by atoms with Crippen molar-refractivity contribution >= 4 is 21.6 Å². The molecule has 3 aromatic rings. The number of aryl methyl sites for hydroxylation is 1. The van der Waals surface area contributed by atoms with Crippen LogP contribution in [0.1, 0.15) is 35.3 Å². The third-order valence-corrected chi connectivity index (χ3v) is 8.43. The number of amides is 1. The van der Waals surface area contributed by atoms with Crippen LogP contribution in [-0.4, -0.2) is 68.1 Å². The van der Waals surface area contributed by atoms with E-state index in [0.29, 0.717) is 18.8 Å². The van der Waals surface area contributed by atoms with E-state index < -0.39 is 16.1 Å². The van der Waals surface area contributed by atoms with Crippen LogP contribution in [0.15, 0.2) is 77.7 Å². The molecule has 0 aromatic heterocycles. The summed E-state index contributed by atoms with van der Waals surface area (Å²) in [5, 5.41) is 9.90. The van der Waals surface area contributed by atoms with E-state index in [1.54, 1.807) is 48.2 Å². The molecule has 0 aliphatic carbocycles. The summed E-state index contributed by atoms with van der Waals surface area (Å²) in [5.74, 6) is 0.0537. The Balaban J connectivity index is 1.63. The molecule has 208 valence electrons. The van der Waals surface area contributed by atoms with Crippen molar-refractivity contribution in [3.05, 3.63) is 89.5 Å². The zero-order chi connectivity index (χ0) is 28.2. The smallest absolute Gasteiger partial charge is 0.261 e. The van der Waals surface area contributed by atoms with Crippen LogP contribution in [-0.2, 0) is 16.6 Å². The number of likely N-dealkylation sites (N-methyl/N-ethyl adjacent to an activating group) is 1. The van der Waals surface area contributed by atoms with Gasteiger partial charge in [-0.15, -0.1) is 0 Å². The highest BCUT2D eigenvalue weighted by Gasteiger charge is 2.33. The van der Waals surface area contributed by atoms with Gasteiger partial charge in [-0.1, -0.05) is 55.0 Å². The van der Waals surface area contributed by atoms with Crippen LogP contribution in [0.3, 0.4) is 0 Å². The van der Waals surface area contributed by atoms with E-state index >= 15 is 0 Å². The largest absolute Gasteiger partial charge is 0.488 e. The van der Waals surface area contributed by atoms with Gasteiger partial charge in [-0.05, 0) is 56.8 Å². The van der Waals surface area contributed by atoms with E-state index in [0.717, 1.165) is 12.1 Å². The fourth-order valence-electron chi connectivity index (χ4n) is 4.70. The second-order valence-electron chi connectivity index (χ2n) is 10.4. The van der Waals surface area contributed by atoms with Crippen LogP contribution >= 0.6 is 0 Å². The topological polar surface area (TPSA) is 99.2 Å². The lowest BCUT2D eigenvalue weighted by Gasteiger charge is -2.38. The van der Waals surface area contributed by atoms with Crippen molar-refractivity contribution in [1.29, 1.82) is 0 Å². The van der Waals surface area contributed by atoms with Gasteiger partial charge in [0.15, 0.2) is 0 Å². The minimum absolute atomic E-state index is 0.0194. The number of nitrogens with zero attached hydrogens (tertiary/aromatic N) is 2. The molecule has 1 aliphatic heterocycles. The van der Waals surface area contributed by atoms with Crippen molar-refractivity contribution in [1.82, 2.24) is 9.80 Å². The molecule has 4 rings (SSSR count). The summed E-state index contributed by atoms with van der Waals surface area (Å²) >= 11 is 0. The van der Waals surface area contributed by atoms with Crippen LogP contribution in [0.2, 0.25) is 0 Å². The molecule has 0 radical (unpaired) electrons. The second-order valence-corrected chi connectivity index (χ2v) is 12.1. The standard InChI is InChI=1S/C30H37N3O5S/c1-21-10-13-26(14-11-21)39(36,37)31-25-12-15-28-27(16-25)30(35)33(23(3)20-34)17-22(2)29(38-28)19-32(4)18-24-8-6-5-7-9-24/h5-16,22-23,29,31,34H,17-20H2,1-4H3/t22-,23+,29+/m0/s1. The number of hydrogen-bond donors (Lipinski definition) is 2. The SMILES string of the molecule is Cc1ccc(S(=O)(=O)Nc2ccc3c(c2)C(=O)N([C@H](C)CO)C[C@H](C)[C@@H](CN(C)Cc2ccccc2)O3)cc1. The van der Waals surface area contributed by atoms with Crippen molar-refractivity contribution in [2.24, 2.45) is 5.92 Å². The number of ether oxygens (including phenoxy) is 1. The zero-order valence-electron chi connectivity index (χ0n) is 22.9. The Hall–Kier alpha value is -3.40. The molecule has 0 bridgehead atoms. The fraction of sp³-hybridized carbons (Fsp3) is 0.367. The number of sulfonamides is 1. The lowest BCUT2D eigenvalue weighted by molar-refractivity contribution is 0.0341. The molecule has 0 spiro atoms. The van der Waals surface area contributed by atoms with Crippen LogP contribution < -0.4 is 9.46 Å².